The summed E-state index contributed by atoms with van der Waals surface area (Å²) < 4.78 is 5.31. The topological polar surface area (TPSA) is 49.9 Å². The van der Waals surface area contributed by atoms with Gasteiger partial charge in [0.05, 0.1) is 31.4 Å². The minimum atomic E-state index is -0.271. The van der Waals surface area contributed by atoms with Gasteiger partial charge in [0.2, 0.25) is 5.91 Å². The van der Waals surface area contributed by atoms with E-state index in [9.17, 15) is 9.59 Å². The van der Waals surface area contributed by atoms with E-state index in [0.717, 1.165) is 0 Å². The molecule has 2 aliphatic heterocycles. The normalized spacial score (nSPS) is 23.5. The summed E-state index contributed by atoms with van der Waals surface area (Å²) in [5, 5.41) is 0.574. The number of rotatable bonds is 1. The molecule has 1 unspecified atom stereocenters. The van der Waals surface area contributed by atoms with Gasteiger partial charge in [0, 0.05) is 11.6 Å². The largest absolute Gasteiger partial charge is 0.377 e. The summed E-state index contributed by atoms with van der Waals surface area (Å²) >= 11 is 5.82. The zero-order valence-corrected chi connectivity index (χ0v) is 11.0. The van der Waals surface area contributed by atoms with Crippen LogP contribution in [-0.4, -0.2) is 42.6 Å². The highest BCUT2D eigenvalue weighted by molar-refractivity contribution is 6.30. The summed E-state index contributed by atoms with van der Waals surface area (Å²) in [6.07, 6.45) is 0.300. The minimum Gasteiger partial charge on any atom is -0.377 e. The van der Waals surface area contributed by atoms with Gasteiger partial charge in [0.1, 0.15) is 0 Å². The number of hydrogen-bond donors (Lipinski definition) is 0. The Morgan fingerprint density at radius 1 is 1.21 bits per heavy atom. The summed E-state index contributed by atoms with van der Waals surface area (Å²) in [6, 6.07) is 6.30. The van der Waals surface area contributed by atoms with Crippen molar-refractivity contribution in [3.05, 3.63) is 29.3 Å². The second-order valence-corrected chi connectivity index (χ2v) is 5.05. The lowest BCUT2D eigenvalue weighted by molar-refractivity contribution is -0.122. The average Bonchev–Trinajstić information content (AvgIpc) is 2.41. The number of nitrogens with zero attached hydrogens (tertiary/aromatic N) is 2. The van der Waals surface area contributed by atoms with Crippen molar-refractivity contribution in [2.45, 2.75) is 12.5 Å². The maximum atomic E-state index is 12.4. The molecule has 2 aliphatic rings. The van der Waals surface area contributed by atoms with E-state index in [4.69, 9.17) is 16.3 Å². The van der Waals surface area contributed by atoms with Gasteiger partial charge in [-0.15, -0.1) is 0 Å². The van der Waals surface area contributed by atoms with Crippen molar-refractivity contribution >= 4 is 29.2 Å². The lowest BCUT2D eigenvalue weighted by Crippen LogP contribution is -2.61. The zero-order valence-electron chi connectivity index (χ0n) is 10.2. The van der Waals surface area contributed by atoms with E-state index in [2.05, 4.69) is 0 Å². The average molecular weight is 281 g/mol. The molecule has 3 rings (SSSR count). The molecule has 0 bridgehead atoms. The molecule has 2 fully saturated rings. The Morgan fingerprint density at radius 3 is 2.68 bits per heavy atom. The van der Waals surface area contributed by atoms with E-state index < -0.39 is 0 Å². The molecule has 1 aromatic carbocycles. The second-order valence-electron chi connectivity index (χ2n) is 4.61. The van der Waals surface area contributed by atoms with Crippen molar-refractivity contribution in [3.8, 4) is 0 Å². The monoisotopic (exact) mass is 280 g/mol. The van der Waals surface area contributed by atoms with Crippen molar-refractivity contribution in [1.82, 2.24) is 4.90 Å². The number of anilines is 1. The smallest absolute Gasteiger partial charge is 0.331 e. The van der Waals surface area contributed by atoms with Crippen LogP contribution in [0.15, 0.2) is 24.3 Å². The van der Waals surface area contributed by atoms with Crippen LogP contribution in [0.1, 0.15) is 6.42 Å². The number of morpholine rings is 1. The summed E-state index contributed by atoms with van der Waals surface area (Å²) in [7, 11) is 0. The van der Waals surface area contributed by atoms with E-state index >= 15 is 0 Å². The predicted molar refractivity (Wildman–Crippen MR) is 70.3 cm³/mol. The van der Waals surface area contributed by atoms with Crippen LogP contribution in [0.3, 0.4) is 0 Å². The second kappa shape index (κ2) is 4.83. The number of imide groups is 1. The molecule has 0 saturated carbocycles. The van der Waals surface area contributed by atoms with Gasteiger partial charge in [-0.05, 0) is 24.3 Å². The number of carbonyl (C=O) groups is 2. The maximum Gasteiger partial charge on any atom is 0.331 e. The van der Waals surface area contributed by atoms with E-state index in [1.54, 1.807) is 29.2 Å². The Bertz CT molecular complexity index is 517. The summed E-state index contributed by atoms with van der Waals surface area (Å²) in [6.45, 7) is 1.48. The zero-order chi connectivity index (χ0) is 13.4. The van der Waals surface area contributed by atoms with Gasteiger partial charge in [0.15, 0.2) is 0 Å². The van der Waals surface area contributed by atoms with Crippen molar-refractivity contribution in [2.75, 3.05) is 24.7 Å². The Hall–Kier alpha value is -1.59. The van der Waals surface area contributed by atoms with Crippen LogP contribution in [0, 0.1) is 0 Å². The summed E-state index contributed by atoms with van der Waals surface area (Å²) in [5.41, 5.74) is 0.560. The number of carbonyl (C=O) groups excluding carboxylic acids is 2. The summed E-state index contributed by atoms with van der Waals surface area (Å²) in [4.78, 5) is 27.5. The van der Waals surface area contributed by atoms with Crippen LogP contribution < -0.4 is 4.90 Å². The van der Waals surface area contributed by atoms with Crippen molar-refractivity contribution < 1.29 is 14.3 Å². The van der Waals surface area contributed by atoms with Gasteiger partial charge in [-0.3, -0.25) is 4.79 Å². The first-order chi connectivity index (χ1) is 9.16. The van der Waals surface area contributed by atoms with Crippen LogP contribution in [-0.2, 0) is 9.53 Å². The molecule has 5 nitrogen and oxygen atoms in total. The van der Waals surface area contributed by atoms with Gasteiger partial charge in [-0.2, -0.15) is 0 Å². The fourth-order valence-electron chi connectivity index (χ4n) is 2.45. The van der Waals surface area contributed by atoms with Crippen molar-refractivity contribution in [3.63, 3.8) is 0 Å². The third-order valence-corrected chi connectivity index (χ3v) is 3.66. The SMILES string of the molecule is O=C1CC2COCCN2C(=O)N1c1ccc(Cl)cc1. The minimum absolute atomic E-state index is 0.127. The summed E-state index contributed by atoms with van der Waals surface area (Å²) in [5.74, 6) is -0.195. The van der Waals surface area contributed by atoms with Crippen LogP contribution in [0.5, 0.6) is 0 Å². The highest BCUT2D eigenvalue weighted by Crippen LogP contribution is 2.26. The predicted octanol–water partition coefficient (Wildman–Crippen LogP) is 1.90. The molecular weight excluding hydrogens is 268 g/mol. The van der Waals surface area contributed by atoms with E-state index in [0.29, 0.717) is 36.9 Å². The van der Waals surface area contributed by atoms with Crippen molar-refractivity contribution in [1.29, 1.82) is 0 Å². The van der Waals surface area contributed by atoms with Gasteiger partial charge in [-0.25, -0.2) is 9.69 Å². The number of benzene rings is 1. The Morgan fingerprint density at radius 2 is 1.95 bits per heavy atom. The first-order valence-corrected chi connectivity index (χ1v) is 6.51. The molecule has 0 aromatic heterocycles. The molecule has 0 aliphatic carbocycles. The first kappa shape index (κ1) is 12.4. The van der Waals surface area contributed by atoms with Gasteiger partial charge >= 0.3 is 6.03 Å². The highest BCUT2D eigenvalue weighted by atomic mass is 35.5. The molecule has 100 valence electrons. The lowest BCUT2D eigenvalue weighted by atomic mass is 10.1. The molecule has 2 saturated heterocycles. The van der Waals surface area contributed by atoms with Gasteiger partial charge < -0.3 is 9.64 Å². The van der Waals surface area contributed by atoms with Crippen molar-refractivity contribution in [2.24, 2.45) is 0 Å². The molecule has 6 heteroatoms. The van der Waals surface area contributed by atoms with Crippen LogP contribution >= 0.6 is 11.6 Å². The third-order valence-electron chi connectivity index (χ3n) is 3.41. The Labute approximate surface area is 115 Å². The Kier molecular flexibility index (Phi) is 3.16. The number of halogens is 1. The maximum absolute atomic E-state index is 12.4. The molecular formula is C13H13ClN2O3. The van der Waals surface area contributed by atoms with Crippen LogP contribution in [0.2, 0.25) is 5.02 Å². The molecule has 1 atom stereocenters. The third kappa shape index (κ3) is 2.19. The van der Waals surface area contributed by atoms with Crippen LogP contribution in [0.4, 0.5) is 10.5 Å². The number of urea groups is 1. The molecule has 0 radical (unpaired) electrons. The molecule has 19 heavy (non-hydrogen) atoms. The fourth-order valence-corrected chi connectivity index (χ4v) is 2.57. The first-order valence-electron chi connectivity index (χ1n) is 6.13. The number of ether oxygens (including phenoxy) is 1. The van der Waals surface area contributed by atoms with Crippen LogP contribution in [0.25, 0.3) is 0 Å². The number of hydrogen-bond acceptors (Lipinski definition) is 3. The molecule has 1 aromatic rings. The number of fused-ring (bicyclic) bond motifs is 1. The quantitative estimate of drug-likeness (QED) is 0.789. The lowest BCUT2D eigenvalue weighted by Gasteiger charge is -2.42. The number of amides is 3. The van der Waals surface area contributed by atoms with E-state index in [1.807, 2.05) is 0 Å². The highest BCUT2D eigenvalue weighted by Gasteiger charge is 2.40. The van der Waals surface area contributed by atoms with E-state index in [-0.39, 0.29) is 18.0 Å². The van der Waals surface area contributed by atoms with E-state index in [1.165, 1.54) is 4.90 Å². The fraction of sp³-hybridized carbons (Fsp3) is 0.385. The molecule has 0 N–H and O–H groups in total. The van der Waals surface area contributed by atoms with Gasteiger partial charge in [0.25, 0.3) is 0 Å². The molecule has 2 heterocycles. The van der Waals surface area contributed by atoms with Gasteiger partial charge in [-0.1, -0.05) is 11.6 Å². The standard InChI is InChI=1S/C13H13ClN2O3/c14-9-1-3-10(4-2-9)16-12(17)7-11-8-19-6-5-15(11)13(16)18/h1-4,11H,5-8H2. The molecule has 0 spiro atoms. The Balaban J connectivity index is 1.90. The molecule has 3 amide bonds.